The second-order valence-electron chi connectivity index (χ2n) is 6.28. The number of esters is 1. The lowest BCUT2D eigenvalue weighted by Gasteiger charge is -2.05. The SMILES string of the molecule is COC(=O)Cc1[nH]n(-c2ccccc2)c(=O)c1C(C)=Nc1cccc(Cl)c1C. The molecular formula is C21H20ClN3O3. The van der Waals surface area contributed by atoms with E-state index in [0.717, 1.165) is 5.56 Å². The van der Waals surface area contributed by atoms with Crippen LogP contribution < -0.4 is 5.56 Å². The zero-order valence-corrected chi connectivity index (χ0v) is 16.6. The second kappa shape index (κ2) is 8.27. The number of halogens is 1. The zero-order valence-electron chi connectivity index (χ0n) is 15.8. The predicted octanol–water partition coefficient (Wildman–Crippen LogP) is 3.98. The average molecular weight is 398 g/mol. The van der Waals surface area contributed by atoms with Gasteiger partial charge in [0.25, 0.3) is 5.56 Å². The van der Waals surface area contributed by atoms with Crippen LogP contribution in [0, 0.1) is 6.92 Å². The van der Waals surface area contributed by atoms with Crippen LogP contribution in [0.1, 0.15) is 23.7 Å². The third kappa shape index (κ3) is 3.92. The standard InChI is InChI=1S/C21H20ClN3O3/c1-13-16(22)10-7-11-17(13)23-14(2)20-18(12-19(26)28-3)24-25(21(20)27)15-8-5-4-6-9-15/h4-11,24H,12H2,1-3H3. The lowest BCUT2D eigenvalue weighted by Crippen LogP contribution is -2.20. The van der Waals surface area contributed by atoms with Gasteiger partial charge in [0.1, 0.15) is 0 Å². The van der Waals surface area contributed by atoms with Crippen molar-refractivity contribution in [2.24, 2.45) is 4.99 Å². The molecule has 0 spiro atoms. The number of methoxy groups -OCH3 is 1. The Morgan fingerprint density at radius 2 is 1.89 bits per heavy atom. The number of para-hydroxylation sites is 1. The number of hydrogen-bond donors (Lipinski definition) is 1. The molecule has 3 rings (SSSR count). The maximum Gasteiger partial charge on any atom is 0.311 e. The minimum Gasteiger partial charge on any atom is -0.469 e. The van der Waals surface area contributed by atoms with Crippen molar-refractivity contribution in [1.82, 2.24) is 9.78 Å². The normalized spacial score (nSPS) is 11.5. The molecule has 2 aromatic carbocycles. The van der Waals surface area contributed by atoms with E-state index >= 15 is 0 Å². The van der Waals surface area contributed by atoms with Crippen LogP contribution in [0.4, 0.5) is 5.69 Å². The number of ether oxygens (including phenoxy) is 1. The molecule has 0 bridgehead atoms. The minimum atomic E-state index is -0.450. The molecular weight excluding hydrogens is 378 g/mol. The molecule has 0 saturated heterocycles. The van der Waals surface area contributed by atoms with Crippen molar-refractivity contribution in [2.75, 3.05) is 7.11 Å². The second-order valence-corrected chi connectivity index (χ2v) is 6.68. The minimum absolute atomic E-state index is 0.0672. The number of nitrogens with zero attached hydrogens (tertiary/aromatic N) is 2. The molecule has 0 unspecified atom stereocenters. The number of aliphatic imine (C=N–C) groups is 1. The number of H-pyrrole nitrogens is 1. The van der Waals surface area contributed by atoms with Crippen LogP contribution in [-0.2, 0) is 16.0 Å². The van der Waals surface area contributed by atoms with Gasteiger partial charge in [-0.1, -0.05) is 35.9 Å². The Morgan fingerprint density at radius 3 is 2.57 bits per heavy atom. The van der Waals surface area contributed by atoms with E-state index in [2.05, 4.69) is 10.1 Å². The molecule has 28 heavy (non-hydrogen) atoms. The van der Waals surface area contributed by atoms with Crippen LogP contribution in [-0.4, -0.2) is 28.6 Å². The van der Waals surface area contributed by atoms with Gasteiger partial charge < -0.3 is 4.74 Å². The monoisotopic (exact) mass is 397 g/mol. The molecule has 0 saturated carbocycles. The van der Waals surface area contributed by atoms with Crippen LogP contribution in [0.3, 0.4) is 0 Å². The summed E-state index contributed by atoms with van der Waals surface area (Å²) < 4.78 is 6.17. The van der Waals surface area contributed by atoms with Crippen molar-refractivity contribution in [3.05, 3.63) is 80.7 Å². The number of carbonyl (C=O) groups is 1. The molecule has 1 heterocycles. The first kappa shape index (κ1) is 19.6. The molecule has 0 amide bonds. The molecule has 7 heteroatoms. The first-order valence-corrected chi connectivity index (χ1v) is 9.07. The Bertz CT molecular complexity index is 1100. The topological polar surface area (TPSA) is 76.5 Å². The number of aromatic nitrogens is 2. The molecule has 0 radical (unpaired) electrons. The molecule has 3 aromatic rings. The maximum atomic E-state index is 13.1. The van der Waals surface area contributed by atoms with Crippen molar-refractivity contribution in [3.63, 3.8) is 0 Å². The van der Waals surface area contributed by atoms with Crippen molar-refractivity contribution in [1.29, 1.82) is 0 Å². The molecule has 0 aliphatic heterocycles. The largest absolute Gasteiger partial charge is 0.469 e. The highest BCUT2D eigenvalue weighted by atomic mass is 35.5. The summed E-state index contributed by atoms with van der Waals surface area (Å²) in [5, 5.41) is 3.62. The smallest absolute Gasteiger partial charge is 0.311 e. The average Bonchev–Trinajstić information content (AvgIpc) is 3.02. The molecule has 0 aliphatic rings. The fraction of sp³-hybridized carbons (Fsp3) is 0.190. The van der Waals surface area contributed by atoms with E-state index in [-0.39, 0.29) is 12.0 Å². The number of benzene rings is 2. The number of carbonyl (C=O) groups excluding carboxylic acids is 1. The molecule has 1 N–H and O–H groups in total. The zero-order chi connectivity index (χ0) is 20.3. The summed E-state index contributed by atoms with van der Waals surface area (Å²) in [6, 6.07) is 14.5. The van der Waals surface area contributed by atoms with Crippen LogP contribution in [0.5, 0.6) is 0 Å². The summed E-state index contributed by atoms with van der Waals surface area (Å²) in [6.45, 7) is 3.60. The lowest BCUT2D eigenvalue weighted by atomic mass is 10.1. The number of hydrogen-bond acceptors (Lipinski definition) is 4. The summed E-state index contributed by atoms with van der Waals surface area (Å²) in [7, 11) is 1.31. The van der Waals surface area contributed by atoms with Gasteiger partial charge in [0.2, 0.25) is 0 Å². The van der Waals surface area contributed by atoms with Crippen molar-refractivity contribution < 1.29 is 9.53 Å². The fourth-order valence-corrected chi connectivity index (χ4v) is 3.08. The van der Waals surface area contributed by atoms with Gasteiger partial charge in [-0.25, -0.2) is 4.68 Å². The number of aromatic amines is 1. The Morgan fingerprint density at radius 1 is 1.18 bits per heavy atom. The van der Waals surface area contributed by atoms with Crippen molar-refractivity contribution >= 4 is 29.0 Å². The van der Waals surface area contributed by atoms with Gasteiger partial charge in [0.15, 0.2) is 0 Å². The summed E-state index contributed by atoms with van der Waals surface area (Å²) in [4.78, 5) is 29.6. The molecule has 0 fully saturated rings. The van der Waals surface area contributed by atoms with Crippen LogP contribution in [0.2, 0.25) is 5.02 Å². The molecule has 1 aromatic heterocycles. The third-order valence-corrected chi connectivity index (χ3v) is 4.83. The van der Waals surface area contributed by atoms with E-state index in [9.17, 15) is 9.59 Å². The highest BCUT2D eigenvalue weighted by Gasteiger charge is 2.20. The highest BCUT2D eigenvalue weighted by molar-refractivity contribution is 6.31. The van der Waals surface area contributed by atoms with E-state index in [1.807, 2.05) is 31.2 Å². The fourth-order valence-electron chi connectivity index (χ4n) is 2.91. The van der Waals surface area contributed by atoms with Gasteiger partial charge in [-0.2, -0.15) is 0 Å². The van der Waals surface area contributed by atoms with Gasteiger partial charge in [-0.05, 0) is 43.7 Å². The van der Waals surface area contributed by atoms with Gasteiger partial charge in [0.05, 0.1) is 41.9 Å². The van der Waals surface area contributed by atoms with E-state index < -0.39 is 5.97 Å². The van der Waals surface area contributed by atoms with Crippen molar-refractivity contribution in [2.45, 2.75) is 20.3 Å². The van der Waals surface area contributed by atoms with Gasteiger partial charge in [-0.15, -0.1) is 0 Å². The first-order chi connectivity index (χ1) is 13.4. The Kier molecular flexibility index (Phi) is 5.80. The van der Waals surface area contributed by atoms with Gasteiger partial charge in [0, 0.05) is 5.02 Å². The van der Waals surface area contributed by atoms with Crippen LogP contribution in [0.25, 0.3) is 5.69 Å². The summed E-state index contributed by atoms with van der Waals surface area (Å²) in [5.41, 5.74) is 3.14. The Balaban J connectivity index is 2.16. The molecule has 0 aliphatic carbocycles. The van der Waals surface area contributed by atoms with Gasteiger partial charge >= 0.3 is 5.97 Å². The quantitative estimate of drug-likeness (QED) is 0.522. The predicted molar refractivity (Wildman–Crippen MR) is 110 cm³/mol. The van der Waals surface area contributed by atoms with E-state index in [1.54, 1.807) is 31.2 Å². The first-order valence-electron chi connectivity index (χ1n) is 8.69. The Hall–Kier alpha value is -3.12. The third-order valence-electron chi connectivity index (χ3n) is 4.42. The van der Waals surface area contributed by atoms with E-state index in [0.29, 0.717) is 33.4 Å². The Labute approximate surface area is 167 Å². The molecule has 6 nitrogen and oxygen atoms in total. The number of nitrogens with one attached hydrogen (secondary N) is 1. The summed E-state index contributed by atoms with van der Waals surface area (Å²) >= 11 is 6.18. The molecule has 0 atom stereocenters. The lowest BCUT2D eigenvalue weighted by molar-refractivity contribution is -0.139. The van der Waals surface area contributed by atoms with Gasteiger partial charge in [-0.3, -0.25) is 19.7 Å². The number of rotatable bonds is 5. The molecule has 144 valence electrons. The summed E-state index contributed by atoms with van der Waals surface area (Å²) in [5.74, 6) is -0.450. The van der Waals surface area contributed by atoms with Crippen LogP contribution >= 0.6 is 11.6 Å². The highest BCUT2D eigenvalue weighted by Crippen LogP contribution is 2.26. The van der Waals surface area contributed by atoms with Crippen LogP contribution in [0.15, 0.2) is 58.3 Å². The van der Waals surface area contributed by atoms with E-state index in [4.69, 9.17) is 16.3 Å². The van der Waals surface area contributed by atoms with E-state index in [1.165, 1.54) is 11.8 Å². The van der Waals surface area contributed by atoms with Crippen molar-refractivity contribution in [3.8, 4) is 5.69 Å². The maximum absolute atomic E-state index is 13.1. The summed E-state index contributed by atoms with van der Waals surface area (Å²) in [6.07, 6.45) is -0.0672.